The van der Waals surface area contributed by atoms with Crippen molar-refractivity contribution in [2.45, 2.75) is 24.8 Å². The number of amides is 3. The van der Waals surface area contributed by atoms with Crippen LogP contribution in [0.3, 0.4) is 0 Å². The summed E-state index contributed by atoms with van der Waals surface area (Å²) in [7, 11) is 1.61. The van der Waals surface area contributed by atoms with E-state index >= 15 is 0 Å². The molecule has 3 amide bonds. The van der Waals surface area contributed by atoms with Crippen LogP contribution in [0.15, 0.2) is 36.8 Å². The largest absolute Gasteiger partial charge is 0.497 e. The molecule has 1 aromatic carbocycles. The number of fused-ring (bicyclic) bond motifs is 4. The molecule has 2 aromatic heterocycles. The first-order chi connectivity index (χ1) is 16.5. The van der Waals surface area contributed by atoms with Gasteiger partial charge in [0.15, 0.2) is 0 Å². The third-order valence-corrected chi connectivity index (χ3v) is 6.76. The van der Waals surface area contributed by atoms with E-state index in [1.807, 2.05) is 25.1 Å². The van der Waals surface area contributed by atoms with E-state index in [4.69, 9.17) is 4.74 Å². The number of aliphatic hydroxyl groups is 1. The van der Waals surface area contributed by atoms with Crippen LogP contribution in [0.1, 0.15) is 41.1 Å². The quantitative estimate of drug-likeness (QED) is 0.529. The lowest BCUT2D eigenvalue weighted by Gasteiger charge is -2.55. The van der Waals surface area contributed by atoms with Crippen molar-refractivity contribution in [2.75, 3.05) is 39.9 Å². The van der Waals surface area contributed by atoms with Crippen molar-refractivity contribution < 1.29 is 19.4 Å². The highest BCUT2D eigenvalue weighted by molar-refractivity contribution is 5.94. The van der Waals surface area contributed by atoms with Crippen molar-refractivity contribution in [3.05, 3.63) is 53.7 Å². The summed E-state index contributed by atoms with van der Waals surface area (Å²) in [6, 6.07) is 5.08. The summed E-state index contributed by atoms with van der Waals surface area (Å²) < 4.78 is 5.39. The Morgan fingerprint density at radius 1 is 1.29 bits per heavy atom. The number of carbonyl (C=O) groups is 2. The predicted octanol–water partition coefficient (Wildman–Crippen LogP) is 1.83. The molecular weight excluding hydrogens is 436 g/mol. The van der Waals surface area contributed by atoms with Gasteiger partial charge in [0.1, 0.15) is 11.4 Å². The molecule has 1 saturated heterocycles. The highest BCUT2D eigenvalue weighted by Gasteiger charge is 2.55. The van der Waals surface area contributed by atoms with Crippen molar-refractivity contribution in [3.63, 3.8) is 0 Å². The molecule has 0 radical (unpaired) electrons. The summed E-state index contributed by atoms with van der Waals surface area (Å²) in [5, 5.41) is 14.3. The molecular formula is C24H28N6O4. The topological polar surface area (TPSA) is 124 Å². The molecule has 0 unspecified atom stereocenters. The van der Waals surface area contributed by atoms with Gasteiger partial charge in [-0.2, -0.15) is 0 Å². The number of aromatic amines is 1. The standard InChI is InChI=1S/C24H28N6O4/c1-3-6-27-23(33)30-14-24(12-29(13-24)22(32)18-10-25-7-8-26-18)20-16-5-4-15(34-2)9-17(16)28-21(20)19(30)11-31/h4-5,7-10,19,28,31H,3,6,11-14H2,1-2H3,(H,27,33)/t19-/m0/s1. The Morgan fingerprint density at radius 3 is 2.79 bits per heavy atom. The van der Waals surface area contributed by atoms with Crippen LogP contribution < -0.4 is 10.1 Å². The van der Waals surface area contributed by atoms with Crippen LogP contribution in [0.5, 0.6) is 5.75 Å². The first-order valence-corrected chi connectivity index (χ1v) is 11.4. The molecule has 10 heteroatoms. The van der Waals surface area contributed by atoms with Gasteiger partial charge in [-0.25, -0.2) is 9.78 Å². The van der Waals surface area contributed by atoms with E-state index in [1.54, 1.807) is 16.9 Å². The lowest BCUT2D eigenvalue weighted by molar-refractivity contribution is 0.0117. The molecule has 3 N–H and O–H groups in total. The number of benzene rings is 1. The van der Waals surface area contributed by atoms with Crippen molar-refractivity contribution >= 4 is 22.8 Å². The van der Waals surface area contributed by atoms with Gasteiger partial charge < -0.3 is 29.9 Å². The first-order valence-electron chi connectivity index (χ1n) is 11.4. The molecule has 3 aromatic rings. The van der Waals surface area contributed by atoms with Crippen molar-refractivity contribution in [2.24, 2.45) is 0 Å². The highest BCUT2D eigenvalue weighted by Crippen LogP contribution is 2.48. The maximum Gasteiger partial charge on any atom is 0.318 e. The average molecular weight is 465 g/mol. The fourth-order valence-corrected chi connectivity index (χ4v) is 5.21. The first kappa shape index (κ1) is 22.1. The Hall–Kier alpha value is -3.66. The van der Waals surface area contributed by atoms with Gasteiger partial charge in [0.2, 0.25) is 0 Å². The minimum absolute atomic E-state index is 0.187. The van der Waals surface area contributed by atoms with Crippen molar-refractivity contribution in [3.8, 4) is 5.75 Å². The molecule has 5 rings (SSSR count). The average Bonchev–Trinajstić information content (AvgIpc) is 3.24. The summed E-state index contributed by atoms with van der Waals surface area (Å²) in [5.74, 6) is 0.527. The third kappa shape index (κ3) is 3.45. The maximum absolute atomic E-state index is 13.1. The zero-order valence-electron chi connectivity index (χ0n) is 19.2. The highest BCUT2D eigenvalue weighted by atomic mass is 16.5. The van der Waals surface area contributed by atoms with E-state index < -0.39 is 11.5 Å². The third-order valence-electron chi connectivity index (χ3n) is 6.76. The van der Waals surface area contributed by atoms with E-state index in [2.05, 4.69) is 20.3 Å². The Labute approximate surface area is 196 Å². The van der Waals surface area contributed by atoms with Gasteiger partial charge in [-0.15, -0.1) is 0 Å². The van der Waals surface area contributed by atoms with Gasteiger partial charge in [0.05, 0.1) is 31.4 Å². The second kappa shape index (κ2) is 8.60. The monoisotopic (exact) mass is 464 g/mol. The summed E-state index contributed by atoms with van der Waals surface area (Å²) in [4.78, 5) is 41.1. The van der Waals surface area contributed by atoms with Gasteiger partial charge >= 0.3 is 6.03 Å². The smallest absolute Gasteiger partial charge is 0.318 e. The second-order valence-corrected chi connectivity index (χ2v) is 8.92. The fourth-order valence-electron chi connectivity index (χ4n) is 5.21. The van der Waals surface area contributed by atoms with Crippen molar-refractivity contribution in [1.29, 1.82) is 0 Å². The lowest BCUT2D eigenvalue weighted by Crippen LogP contribution is -2.68. The molecule has 2 aliphatic heterocycles. The number of nitrogens with one attached hydrogen (secondary N) is 2. The molecule has 10 nitrogen and oxygen atoms in total. The van der Waals surface area contributed by atoms with E-state index in [1.165, 1.54) is 18.6 Å². The van der Waals surface area contributed by atoms with E-state index in [0.717, 1.165) is 28.6 Å². The Bertz CT molecular complexity index is 1220. The molecule has 178 valence electrons. The number of methoxy groups -OCH3 is 1. The predicted molar refractivity (Wildman–Crippen MR) is 125 cm³/mol. The minimum Gasteiger partial charge on any atom is -0.497 e. The van der Waals surface area contributed by atoms with E-state index in [9.17, 15) is 14.7 Å². The van der Waals surface area contributed by atoms with E-state index in [-0.39, 0.29) is 18.5 Å². The molecule has 1 spiro atoms. The van der Waals surface area contributed by atoms with Gasteiger partial charge in [0.25, 0.3) is 5.91 Å². The Morgan fingerprint density at radius 2 is 2.12 bits per heavy atom. The zero-order chi connectivity index (χ0) is 23.9. The number of aromatic nitrogens is 3. The van der Waals surface area contributed by atoms with Gasteiger partial charge in [-0.3, -0.25) is 9.78 Å². The van der Waals surface area contributed by atoms with Crippen LogP contribution in [0, 0.1) is 0 Å². The van der Waals surface area contributed by atoms with Crippen LogP contribution in [0.25, 0.3) is 10.9 Å². The summed E-state index contributed by atoms with van der Waals surface area (Å²) in [6.45, 7) is 3.59. The van der Waals surface area contributed by atoms with E-state index in [0.29, 0.717) is 37.6 Å². The number of likely N-dealkylation sites (tertiary alicyclic amines) is 1. The van der Waals surface area contributed by atoms with Gasteiger partial charge in [0, 0.05) is 61.2 Å². The van der Waals surface area contributed by atoms with Crippen LogP contribution in [-0.2, 0) is 5.41 Å². The lowest BCUT2D eigenvalue weighted by atomic mass is 9.68. The number of H-pyrrole nitrogens is 1. The summed E-state index contributed by atoms with van der Waals surface area (Å²) >= 11 is 0. The maximum atomic E-state index is 13.1. The number of hydrogen-bond acceptors (Lipinski definition) is 6. The Kier molecular flexibility index (Phi) is 5.60. The zero-order valence-corrected chi connectivity index (χ0v) is 19.2. The van der Waals surface area contributed by atoms with Crippen LogP contribution in [0.4, 0.5) is 4.79 Å². The Balaban J connectivity index is 1.56. The number of urea groups is 1. The van der Waals surface area contributed by atoms with Gasteiger partial charge in [-0.05, 0) is 24.1 Å². The minimum atomic E-state index is -0.513. The number of carbonyl (C=O) groups excluding carboxylic acids is 2. The number of hydrogen-bond donors (Lipinski definition) is 3. The number of aliphatic hydroxyl groups excluding tert-OH is 1. The van der Waals surface area contributed by atoms with Crippen LogP contribution >= 0.6 is 0 Å². The molecule has 1 fully saturated rings. The molecule has 34 heavy (non-hydrogen) atoms. The number of ether oxygens (including phenoxy) is 1. The summed E-state index contributed by atoms with van der Waals surface area (Å²) in [5.41, 5.74) is 2.55. The second-order valence-electron chi connectivity index (χ2n) is 8.92. The SMILES string of the molecule is CCCNC(=O)N1CC2(CN(C(=O)c3cnccn3)C2)c2c([nH]c3cc(OC)ccc23)[C@@H]1CO. The molecule has 0 aliphatic carbocycles. The normalized spacial score (nSPS) is 18.5. The molecule has 4 heterocycles. The number of nitrogens with zero attached hydrogens (tertiary/aromatic N) is 4. The van der Waals surface area contributed by atoms with Crippen LogP contribution in [-0.4, -0.2) is 81.7 Å². The summed E-state index contributed by atoms with van der Waals surface area (Å²) in [6.07, 6.45) is 5.31. The molecule has 1 atom stereocenters. The molecule has 2 aliphatic rings. The molecule has 0 bridgehead atoms. The van der Waals surface area contributed by atoms with Crippen LogP contribution in [0.2, 0.25) is 0 Å². The number of rotatable bonds is 5. The van der Waals surface area contributed by atoms with Crippen molar-refractivity contribution in [1.82, 2.24) is 30.1 Å². The molecule has 0 saturated carbocycles. The fraction of sp³-hybridized carbons (Fsp3) is 0.417. The van der Waals surface area contributed by atoms with Gasteiger partial charge in [-0.1, -0.05) is 6.92 Å².